The average Bonchev–Trinajstić information content (AvgIpc) is 3.12. The summed E-state index contributed by atoms with van der Waals surface area (Å²) < 4.78 is 16.7. The minimum absolute atomic E-state index is 0.107. The van der Waals surface area contributed by atoms with E-state index in [0.717, 1.165) is 5.56 Å². The largest absolute Gasteiger partial charge is 0.379 e. The van der Waals surface area contributed by atoms with Crippen molar-refractivity contribution in [2.45, 2.75) is 44.9 Å². The van der Waals surface area contributed by atoms with Crippen molar-refractivity contribution in [1.29, 1.82) is 0 Å². The number of amides is 1. The van der Waals surface area contributed by atoms with Crippen molar-refractivity contribution in [3.05, 3.63) is 53.4 Å². The first-order chi connectivity index (χ1) is 12.1. The molecular weight excluding hydrogens is 320 g/mol. The van der Waals surface area contributed by atoms with Gasteiger partial charge in [0.15, 0.2) is 5.69 Å². The first kappa shape index (κ1) is 17.6. The van der Waals surface area contributed by atoms with Crippen molar-refractivity contribution >= 4 is 5.91 Å². The van der Waals surface area contributed by atoms with Gasteiger partial charge in [-0.3, -0.25) is 4.79 Å². The van der Waals surface area contributed by atoms with Gasteiger partial charge in [0.2, 0.25) is 0 Å². The van der Waals surface area contributed by atoms with Gasteiger partial charge in [-0.1, -0.05) is 49.3 Å². The van der Waals surface area contributed by atoms with Crippen LogP contribution in [0, 0.1) is 0 Å². The minimum Gasteiger partial charge on any atom is -0.379 e. The van der Waals surface area contributed by atoms with Crippen molar-refractivity contribution in [2.24, 2.45) is 0 Å². The molecule has 0 radical (unpaired) electrons. The maximum Gasteiger partial charge on any atom is 0.273 e. The number of benzene rings is 1. The topological polar surface area (TPSA) is 73.6 Å². The summed E-state index contributed by atoms with van der Waals surface area (Å²) in [4.78, 5) is 12.4. The van der Waals surface area contributed by atoms with Gasteiger partial charge in [-0.15, -0.1) is 0 Å². The maximum absolute atomic E-state index is 12.4. The lowest BCUT2D eigenvalue weighted by atomic mass is 10.1. The molecule has 1 amide bonds. The summed E-state index contributed by atoms with van der Waals surface area (Å²) in [5.41, 5.74) is 1.40. The highest BCUT2D eigenvalue weighted by Crippen LogP contribution is 2.17. The Balaban J connectivity index is 1.59. The van der Waals surface area contributed by atoms with Crippen LogP contribution in [0.2, 0.25) is 0 Å². The number of carbonyl (C=O) groups excluding carboxylic acids is 1. The van der Waals surface area contributed by atoms with E-state index in [1.165, 1.54) is 0 Å². The fraction of sp³-hybridized carbons (Fsp3) is 0.474. The van der Waals surface area contributed by atoms with E-state index >= 15 is 0 Å². The molecule has 2 atom stereocenters. The number of rotatable bonds is 6. The second kappa shape index (κ2) is 8.27. The summed E-state index contributed by atoms with van der Waals surface area (Å²) in [6.07, 6.45) is 0.523. The molecular formula is C19H24N2O4. The highest BCUT2D eigenvalue weighted by molar-refractivity contribution is 5.92. The van der Waals surface area contributed by atoms with E-state index in [-0.39, 0.29) is 24.0 Å². The van der Waals surface area contributed by atoms with E-state index in [4.69, 9.17) is 14.0 Å². The van der Waals surface area contributed by atoms with Crippen LogP contribution >= 0.6 is 0 Å². The van der Waals surface area contributed by atoms with E-state index in [9.17, 15) is 4.79 Å². The summed E-state index contributed by atoms with van der Waals surface area (Å²) in [6, 6.07) is 11.5. The minimum atomic E-state index is -0.240. The summed E-state index contributed by atoms with van der Waals surface area (Å²) in [5.74, 6) is 0.656. The number of nitrogens with zero attached hydrogens (tertiary/aromatic N) is 1. The Morgan fingerprint density at radius 2 is 2.16 bits per heavy atom. The Bertz CT molecular complexity index is 684. The van der Waals surface area contributed by atoms with Crippen LogP contribution in [0.1, 0.15) is 48.0 Å². The predicted octanol–water partition coefficient (Wildman–Crippen LogP) is 2.90. The van der Waals surface area contributed by atoms with Crippen LogP contribution in [0.5, 0.6) is 0 Å². The molecule has 1 aliphatic heterocycles. The zero-order valence-corrected chi connectivity index (χ0v) is 14.6. The molecule has 3 rings (SSSR count). The van der Waals surface area contributed by atoms with E-state index in [1.54, 1.807) is 6.07 Å². The van der Waals surface area contributed by atoms with Gasteiger partial charge in [-0.05, 0) is 12.0 Å². The van der Waals surface area contributed by atoms with Gasteiger partial charge in [-0.2, -0.15) is 0 Å². The summed E-state index contributed by atoms with van der Waals surface area (Å²) >= 11 is 0. The molecule has 0 bridgehead atoms. The number of nitrogens with one attached hydrogen (secondary N) is 1. The van der Waals surface area contributed by atoms with Crippen LogP contribution in [-0.2, 0) is 16.1 Å². The molecule has 1 aromatic heterocycles. The zero-order valence-electron chi connectivity index (χ0n) is 14.6. The van der Waals surface area contributed by atoms with Gasteiger partial charge in [0, 0.05) is 18.6 Å². The molecule has 0 spiro atoms. The number of ether oxygens (including phenoxy) is 2. The maximum atomic E-state index is 12.4. The van der Waals surface area contributed by atoms with Gasteiger partial charge >= 0.3 is 0 Å². The van der Waals surface area contributed by atoms with Crippen molar-refractivity contribution in [3.63, 3.8) is 0 Å². The van der Waals surface area contributed by atoms with Crippen LogP contribution in [0.4, 0.5) is 0 Å². The Kier molecular flexibility index (Phi) is 5.83. The molecule has 134 valence electrons. The van der Waals surface area contributed by atoms with Crippen LogP contribution in [0.15, 0.2) is 40.9 Å². The normalized spacial score (nSPS) is 20.6. The standard InChI is InChI=1S/C19H24N2O4/c1-13(2)17-10-16(21-25-17)19(22)20-15-8-9-23-12-18(15)24-11-14-6-4-3-5-7-14/h3-7,10,13,15,18H,8-9,11-12H2,1-2H3,(H,20,22)/t15-,18-/m1/s1. The lowest BCUT2D eigenvalue weighted by Gasteiger charge is -2.31. The second-order valence-electron chi connectivity index (χ2n) is 6.55. The number of hydrogen-bond acceptors (Lipinski definition) is 5. The van der Waals surface area contributed by atoms with Crippen molar-refractivity contribution in [1.82, 2.24) is 10.5 Å². The van der Waals surface area contributed by atoms with Gasteiger partial charge in [0.1, 0.15) is 11.9 Å². The molecule has 0 aliphatic carbocycles. The SMILES string of the molecule is CC(C)c1cc(C(=O)N[C@@H]2CCOC[C@H]2OCc2ccccc2)no1. The third-order valence-corrected chi connectivity index (χ3v) is 4.26. The Hall–Kier alpha value is -2.18. The fourth-order valence-corrected chi connectivity index (χ4v) is 2.73. The number of aromatic nitrogens is 1. The first-order valence-electron chi connectivity index (χ1n) is 8.64. The molecule has 1 saturated heterocycles. The van der Waals surface area contributed by atoms with Crippen LogP contribution in [-0.4, -0.2) is 36.4 Å². The number of carbonyl (C=O) groups is 1. The molecule has 0 unspecified atom stereocenters. The monoisotopic (exact) mass is 344 g/mol. The Morgan fingerprint density at radius 1 is 1.36 bits per heavy atom. The van der Waals surface area contributed by atoms with E-state index < -0.39 is 0 Å². The predicted molar refractivity (Wildman–Crippen MR) is 92.3 cm³/mol. The molecule has 0 saturated carbocycles. The number of hydrogen-bond donors (Lipinski definition) is 1. The van der Waals surface area contributed by atoms with Crippen molar-refractivity contribution in [3.8, 4) is 0 Å². The van der Waals surface area contributed by atoms with Crippen molar-refractivity contribution < 1.29 is 18.8 Å². The third kappa shape index (κ3) is 4.67. The zero-order chi connectivity index (χ0) is 17.6. The third-order valence-electron chi connectivity index (χ3n) is 4.26. The molecule has 1 N–H and O–H groups in total. The summed E-state index contributed by atoms with van der Waals surface area (Å²) in [7, 11) is 0. The molecule has 1 aliphatic rings. The Labute approximate surface area is 147 Å². The quantitative estimate of drug-likeness (QED) is 0.872. The molecule has 1 fully saturated rings. The summed E-state index contributed by atoms with van der Waals surface area (Å²) in [6.45, 7) is 5.55. The first-order valence-corrected chi connectivity index (χ1v) is 8.64. The molecule has 25 heavy (non-hydrogen) atoms. The van der Waals surface area contributed by atoms with Gasteiger partial charge in [0.05, 0.1) is 19.3 Å². The highest BCUT2D eigenvalue weighted by Gasteiger charge is 2.29. The van der Waals surface area contributed by atoms with Gasteiger partial charge in [-0.25, -0.2) is 0 Å². The lowest BCUT2D eigenvalue weighted by Crippen LogP contribution is -2.50. The molecule has 2 heterocycles. The lowest BCUT2D eigenvalue weighted by molar-refractivity contribution is -0.0736. The van der Waals surface area contributed by atoms with E-state index in [2.05, 4.69) is 10.5 Å². The second-order valence-corrected chi connectivity index (χ2v) is 6.55. The smallest absolute Gasteiger partial charge is 0.273 e. The van der Waals surface area contributed by atoms with E-state index in [0.29, 0.717) is 37.7 Å². The van der Waals surface area contributed by atoms with Crippen LogP contribution in [0.3, 0.4) is 0 Å². The molecule has 2 aromatic rings. The average molecular weight is 344 g/mol. The highest BCUT2D eigenvalue weighted by atomic mass is 16.5. The Morgan fingerprint density at radius 3 is 2.88 bits per heavy atom. The molecule has 6 nitrogen and oxygen atoms in total. The van der Waals surface area contributed by atoms with Crippen molar-refractivity contribution in [2.75, 3.05) is 13.2 Å². The van der Waals surface area contributed by atoms with E-state index in [1.807, 2.05) is 44.2 Å². The molecule has 6 heteroatoms. The van der Waals surface area contributed by atoms with Gasteiger partial charge in [0.25, 0.3) is 5.91 Å². The fourth-order valence-electron chi connectivity index (χ4n) is 2.73. The van der Waals surface area contributed by atoms with Crippen LogP contribution in [0.25, 0.3) is 0 Å². The molecule has 1 aromatic carbocycles. The van der Waals surface area contributed by atoms with Crippen LogP contribution < -0.4 is 5.32 Å². The van der Waals surface area contributed by atoms with Gasteiger partial charge < -0.3 is 19.3 Å². The summed E-state index contributed by atoms with van der Waals surface area (Å²) in [5, 5.41) is 6.87.